The number of carbonyl (C=O) groups is 1. The van der Waals surface area contributed by atoms with E-state index in [0.717, 1.165) is 4.68 Å². The lowest BCUT2D eigenvalue weighted by molar-refractivity contribution is -0.384. The van der Waals surface area contributed by atoms with Crippen molar-refractivity contribution >= 4 is 23.6 Å². The number of benzene rings is 2. The molecule has 0 unspecified atom stereocenters. The molecule has 0 radical (unpaired) electrons. The van der Waals surface area contributed by atoms with Gasteiger partial charge >= 0.3 is 0 Å². The number of para-hydroxylation sites is 2. The first kappa shape index (κ1) is 15.8. The van der Waals surface area contributed by atoms with Gasteiger partial charge in [0.2, 0.25) is 0 Å². The maximum atomic E-state index is 13.1. The summed E-state index contributed by atoms with van der Waals surface area (Å²) in [4.78, 5) is 22.0. The molecule has 0 bridgehead atoms. The summed E-state index contributed by atoms with van der Waals surface area (Å²) in [5, 5.41) is 15.3. The summed E-state index contributed by atoms with van der Waals surface area (Å²) in [7, 11) is 0. The second-order valence-corrected chi connectivity index (χ2v) is 5.19. The molecule has 0 saturated heterocycles. The lowest BCUT2D eigenvalue weighted by Crippen LogP contribution is -2.01. The van der Waals surface area contributed by atoms with Crippen LogP contribution in [0.4, 0.5) is 10.1 Å². The Morgan fingerprint density at radius 1 is 1.17 bits per heavy atom. The zero-order valence-electron chi connectivity index (χ0n) is 12.0. The molecule has 0 fully saturated rings. The second-order valence-electron chi connectivity index (χ2n) is 4.84. The fraction of sp³-hybridized carbons (Fsp3) is 0. The Balaban J connectivity index is 2.23. The number of nitro benzene ring substituents is 1. The fourth-order valence-electron chi connectivity index (χ4n) is 2.29. The largest absolute Gasteiger partial charge is 0.298 e. The van der Waals surface area contributed by atoms with Gasteiger partial charge in [0.25, 0.3) is 5.69 Å². The SMILES string of the molecule is O=Cc1c(-c2ccc(F)cc2)nn(-c2ccccc2[N+](=O)[O-])c1Cl. The van der Waals surface area contributed by atoms with Crippen molar-refractivity contribution in [3.8, 4) is 16.9 Å². The minimum atomic E-state index is -0.564. The molecule has 0 atom stereocenters. The highest BCUT2D eigenvalue weighted by atomic mass is 35.5. The van der Waals surface area contributed by atoms with Crippen molar-refractivity contribution in [2.45, 2.75) is 0 Å². The van der Waals surface area contributed by atoms with E-state index in [-0.39, 0.29) is 27.8 Å². The average molecular weight is 346 g/mol. The number of rotatable bonds is 4. The molecule has 120 valence electrons. The summed E-state index contributed by atoms with van der Waals surface area (Å²) in [5.41, 5.74) is 0.682. The third kappa shape index (κ3) is 2.65. The van der Waals surface area contributed by atoms with Crippen LogP contribution in [0.2, 0.25) is 5.15 Å². The molecule has 0 spiro atoms. The molecule has 3 aromatic rings. The van der Waals surface area contributed by atoms with Crippen LogP contribution in [0, 0.1) is 15.9 Å². The van der Waals surface area contributed by atoms with E-state index in [1.165, 1.54) is 42.5 Å². The van der Waals surface area contributed by atoms with Gasteiger partial charge in [-0.05, 0) is 30.3 Å². The Labute approximate surface area is 140 Å². The number of carbonyl (C=O) groups excluding carboxylic acids is 1. The Bertz CT molecular complexity index is 938. The van der Waals surface area contributed by atoms with Gasteiger partial charge in [-0.25, -0.2) is 9.07 Å². The van der Waals surface area contributed by atoms with Gasteiger partial charge < -0.3 is 0 Å². The number of hydrogen-bond donors (Lipinski definition) is 0. The molecule has 0 aliphatic rings. The van der Waals surface area contributed by atoms with Crippen LogP contribution in [-0.2, 0) is 0 Å². The predicted octanol–water partition coefficient (Wildman–Crippen LogP) is 4.05. The molecule has 1 heterocycles. The third-order valence-corrected chi connectivity index (χ3v) is 3.77. The van der Waals surface area contributed by atoms with Crippen LogP contribution < -0.4 is 0 Å². The number of halogens is 2. The quantitative estimate of drug-likeness (QED) is 0.406. The van der Waals surface area contributed by atoms with Gasteiger partial charge in [-0.3, -0.25) is 14.9 Å². The molecule has 0 aliphatic carbocycles. The summed E-state index contributed by atoms with van der Waals surface area (Å²) in [5.74, 6) is -0.435. The third-order valence-electron chi connectivity index (χ3n) is 3.41. The number of hydrogen-bond acceptors (Lipinski definition) is 4. The van der Waals surface area contributed by atoms with Crippen LogP contribution in [-0.4, -0.2) is 21.0 Å². The van der Waals surface area contributed by atoms with Crippen molar-refractivity contribution in [2.24, 2.45) is 0 Å². The van der Waals surface area contributed by atoms with E-state index >= 15 is 0 Å². The summed E-state index contributed by atoms with van der Waals surface area (Å²) < 4.78 is 14.2. The van der Waals surface area contributed by atoms with Crippen molar-refractivity contribution in [3.63, 3.8) is 0 Å². The first-order valence-electron chi connectivity index (χ1n) is 6.76. The number of aromatic nitrogens is 2. The molecule has 24 heavy (non-hydrogen) atoms. The zero-order chi connectivity index (χ0) is 17.3. The molecule has 6 nitrogen and oxygen atoms in total. The van der Waals surface area contributed by atoms with E-state index in [1.54, 1.807) is 6.07 Å². The molecular weight excluding hydrogens is 337 g/mol. The molecule has 3 rings (SSSR count). The summed E-state index contributed by atoms with van der Waals surface area (Å²) in [6, 6.07) is 11.2. The van der Waals surface area contributed by atoms with Crippen molar-refractivity contribution in [2.75, 3.05) is 0 Å². The highest BCUT2D eigenvalue weighted by molar-refractivity contribution is 6.32. The lowest BCUT2D eigenvalue weighted by atomic mass is 10.1. The van der Waals surface area contributed by atoms with Gasteiger partial charge in [0.15, 0.2) is 6.29 Å². The van der Waals surface area contributed by atoms with Gasteiger partial charge in [0, 0.05) is 11.6 Å². The van der Waals surface area contributed by atoms with Crippen LogP contribution in [0.1, 0.15) is 10.4 Å². The molecule has 8 heteroatoms. The van der Waals surface area contributed by atoms with Crippen LogP contribution >= 0.6 is 11.6 Å². The van der Waals surface area contributed by atoms with Crippen LogP contribution in [0.25, 0.3) is 16.9 Å². The first-order chi connectivity index (χ1) is 11.5. The van der Waals surface area contributed by atoms with Crippen molar-refractivity contribution in [3.05, 3.63) is 75.2 Å². The summed E-state index contributed by atoms with van der Waals surface area (Å²) in [6.45, 7) is 0. The number of nitro groups is 1. The minimum Gasteiger partial charge on any atom is -0.298 e. The molecule has 1 aromatic heterocycles. The Morgan fingerprint density at radius 2 is 1.83 bits per heavy atom. The normalized spacial score (nSPS) is 10.6. The highest BCUT2D eigenvalue weighted by Gasteiger charge is 2.23. The smallest absolute Gasteiger partial charge is 0.294 e. The monoisotopic (exact) mass is 345 g/mol. The Kier molecular flexibility index (Phi) is 4.09. The lowest BCUT2D eigenvalue weighted by Gasteiger charge is -2.03. The van der Waals surface area contributed by atoms with E-state index < -0.39 is 10.7 Å². The number of aldehydes is 1. The van der Waals surface area contributed by atoms with Crippen LogP contribution in [0.3, 0.4) is 0 Å². The van der Waals surface area contributed by atoms with Gasteiger partial charge in [-0.15, -0.1) is 0 Å². The van der Waals surface area contributed by atoms with Crippen LogP contribution in [0.5, 0.6) is 0 Å². The molecule has 2 aromatic carbocycles. The number of nitrogens with zero attached hydrogens (tertiary/aromatic N) is 3. The topological polar surface area (TPSA) is 78.0 Å². The molecule has 0 N–H and O–H groups in total. The molecule has 0 saturated carbocycles. The summed E-state index contributed by atoms with van der Waals surface area (Å²) in [6.07, 6.45) is 0.513. The maximum absolute atomic E-state index is 13.1. The average Bonchev–Trinajstić information content (AvgIpc) is 2.92. The van der Waals surface area contributed by atoms with E-state index in [2.05, 4.69) is 5.10 Å². The van der Waals surface area contributed by atoms with Crippen molar-refractivity contribution < 1.29 is 14.1 Å². The van der Waals surface area contributed by atoms with Crippen molar-refractivity contribution in [1.29, 1.82) is 0 Å². The molecular formula is C16H9ClFN3O3. The highest BCUT2D eigenvalue weighted by Crippen LogP contribution is 2.32. The van der Waals surface area contributed by atoms with E-state index in [0.29, 0.717) is 11.8 Å². The minimum absolute atomic E-state index is 0.0568. The van der Waals surface area contributed by atoms with Gasteiger partial charge in [-0.2, -0.15) is 5.10 Å². The molecule has 0 amide bonds. The van der Waals surface area contributed by atoms with Gasteiger partial charge in [-0.1, -0.05) is 23.7 Å². The maximum Gasteiger partial charge on any atom is 0.294 e. The molecule has 0 aliphatic heterocycles. The van der Waals surface area contributed by atoms with Crippen LogP contribution in [0.15, 0.2) is 48.5 Å². The second kappa shape index (κ2) is 6.21. The summed E-state index contributed by atoms with van der Waals surface area (Å²) >= 11 is 6.19. The van der Waals surface area contributed by atoms with Gasteiger partial charge in [0.1, 0.15) is 22.4 Å². The van der Waals surface area contributed by atoms with Gasteiger partial charge in [0.05, 0.1) is 10.5 Å². The Morgan fingerprint density at radius 3 is 2.46 bits per heavy atom. The Hall–Kier alpha value is -3.06. The predicted molar refractivity (Wildman–Crippen MR) is 86.0 cm³/mol. The zero-order valence-corrected chi connectivity index (χ0v) is 12.8. The fourth-order valence-corrected chi connectivity index (χ4v) is 2.56. The van der Waals surface area contributed by atoms with E-state index in [1.807, 2.05) is 0 Å². The first-order valence-corrected chi connectivity index (χ1v) is 7.14. The van der Waals surface area contributed by atoms with E-state index in [4.69, 9.17) is 11.6 Å². The van der Waals surface area contributed by atoms with Crippen molar-refractivity contribution in [1.82, 2.24) is 9.78 Å². The standard InChI is InChI=1S/C16H9ClFN3O3/c17-16-12(9-22)15(10-5-7-11(18)8-6-10)19-20(16)13-3-1-2-4-14(13)21(23)24/h1-9H. The van der Waals surface area contributed by atoms with E-state index in [9.17, 15) is 19.3 Å².